The van der Waals surface area contributed by atoms with Crippen molar-refractivity contribution in [3.63, 3.8) is 0 Å². The summed E-state index contributed by atoms with van der Waals surface area (Å²) in [6.45, 7) is 10.3. The molecule has 0 saturated heterocycles. The highest BCUT2D eigenvalue weighted by Crippen LogP contribution is 2.09. The Hall–Kier alpha value is -1.10. The highest BCUT2D eigenvalue weighted by molar-refractivity contribution is 5.83. The average Bonchev–Trinajstić information content (AvgIpc) is 2.33. The Balaban J connectivity index is 4.06. The zero-order valence-electron chi connectivity index (χ0n) is 13.3. The van der Waals surface area contributed by atoms with E-state index < -0.39 is 12.0 Å². The summed E-state index contributed by atoms with van der Waals surface area (Å²) in [4.78, 5) is 22.8. The monoisotopic (exact) mass is 287 g/mol. The summed E-state index contributed by atoms with van der Waals surface area (Å²) in [6, 6.07) is -0.819. The van der Waals surface area contributed by atoms with Crippen LogP contribution in [0.25, 0.3) is 0 Å². The van der Waals surface area contributed by atoms with Crippen molar-refractivity contribution < 1.29 is 19.4 Å². The number of ether oxygens (including phenoxy) is 1. The SMILES string of the molecule is CC[C@H](C)[C@H](NC(=O)CCOC(C)CC(C)C)C(=O)O. The minimum absolute atomic E-state index is 0.0859. The number of amides is 1. The van der Waals surface area contributed by atoms with Crippen molar-refractivity contribution in [3.8, 4) is 0 Å². The van der Waals surface area contributed by atoms with Crippen LogP contribution in [-0.2, 0) is 14.3 Å². The van der Waals surface area contributed by atoms with Crippen molar-refractivity contribution in [1.82, 2.24) is 5.32 Å². The van der Waals surface area contributed by atoms with Crippen LogP contribution >= 0.6 is 0 Å². The molecule has 0 aliphatic rings. The van der Waals surface area contributed by atoms with Crippen molar-refractivity contribution in [3.05, 3.63) is 0 Å². The maximum absolute atomic E-state index is 11.7. The molecule has 2 N–H and O–H groups in total. The maximum Gasteiger partial charge on any atom is 0.326 e. The second-order valence-corrected chi connectivity index (χ2v) is 5.83. The van der Waals surface area contributed by atoms with Crippen molar-refractivity contribution in [2.24, 2.45) is 11.8 Å². The number of hydrogen-bond donors (Lipinski definition) is 2. The summed E-state index contributed by atoms with van der Waals surface area (Å²) in [5, 5.41) is 11.7. The summed E-state index contributed by atoms with van der Waals surface area (Å²) in [6.07, 6.45) is 1.97. The van der Waals surface area contributed by atoms with Gasteiger partial charge in [-0.15, -0.1) is 0 Å². The van der Waals surface area contributed by atoms with Gasteiger partial charge in [-0.2, -0.15) is 0 Å². The fourth-order valence-electron chi connectivity index (χ4n) is 2.01. The average molecular weight is 287 g/mol. The van der Waals surface area contributed by atoms with Gasteiger partial charge in [0, 0.05) is 6.42 Å². The Kier molecular flexibility index (Phi) is 9.21. The Bertz CT molecular complexity index is 304. The Morgan fingerprint density at radius 3 is 2.25 bits per heavy atom. The molecule has 0 aliphatic heterocycles. The molecular formula is C15H29NO4. The van der Waals surface area contributed by atoms with E-state index >= 15 is 0 Å². The van der Waals surface area contributed by atoms with Crippen molar-refractivity contribution >= 4 is 11.9 Å². The standard InChI is InChI=1S/C15H29NO4/c1-6-11(4)14(15(18)19)16-13(17)7-8-20-12(5)9-10(2)3/h10-12,14H,6-9H2,1-5H3,(H,16,17)(H,18,19)/t11-,12?,14-/m0/s1. The van der Waals surface area contributed by atoms with Crippen molar-refractivity contribution in [1.29, 1.82) is 0 Å². The van der Waals surface area contributed by atoms with E-state index in [0.717, 1.165) is 6.42 Å². The van der Waals surface area contributed by atoms with Crippen LogP contribution in [0.2, 0.25) is 0 Å². The number of carbonyl (C=O) groups excluding carboxylic acids is 1. The van der Waals surface area contributed by atoms with Crippen LogP contribution in [-0.4, -0.2) is 35.7 Å². The van der Waals surface area contributed by atoms with Gasteiger partial charge in [-0.1, -0.05) is 34.1 Å². The zero-order valence-corrected chi connectivity index (χ0v) is 13.3. The van der Waals surface area contributed by atoms with Gasteiger partial charge in [-0.05, 0) is 25.2 Å². The van der Waals surface area contributed by atoms with Gasteiger partial charge >= 0.3 is 5.97 Å². The second kappa shape index (κ2) is 9.75. The quantitative estimate of drug-likeness (QED) is 0.647. The van der Waals surface area contributed by atoms with Crippen LogP contribution in [0, 0.1) is 11.8 Å². The second-order valence-electron chi connectivity index (χ2n) is 5.83. The van der Waals surface area contributed by atoms with E-state index in [1.807, 2.05) is 20.8 Å². The normalized spacial score (nSPS) is 15.7. The minimum Gasteiger partial charge on any atom is -0.480 e. The van der Waals surface area contributed by atoms with Crippen molar-refractivity contribution in [2.75, 3.05) is 6.61 Å². The first-order valence-electron chi connectivity index (χ1n) is 7.41. The van der Waals surface area contributed by atoms with E-state index in [-0.39, 0.29) is 24.3 Å². The molecule has 1 unspecified atom stereocenters. The van der Waals surface area contributed by atoms with Gasteiger partial charge < -0.3 is 15.2 Å². The lowest BCUT2D eigenvalue weighted by Crippen LogP contribution is -2.45. The van der Waals surface area contributed by atoms with Crippen LogP contribution < -0.4 is 5.32 Å². The molecule has 3 atom stereocenters. The summed E-state index contributed by atoms with van der Waals surface area (Å²) in [7, 11) is 0. The first kappa shape index (κ1) is 18.9. The number of rotatable bonds is 10. The van der Waals surface area contributed by atoms with Crippen LogP contribution in [0.3, 0.4) is 0 Å². The van der Waals surface area contributed by atoms with Crippen LogP contribution in [0.1, 0.15) is 53.9 Å². The molecule has 0 aromatic rings. The molecule has 0 aromatic carbocycles. The smallest absolute Gasteiger partial charge is 0.326 e. The Morgan fingerprint density at radius 1 is 1.20 bits per heavy atom. The topological polar surface area (TPSA) is 75.6 Å². The van der Waals surface area contributed by atoms with Gasteiger partial charge in [-0.25, -0.2) is 4.79 Å². The van der Waals surface area contributed by atoms with Crippen LogP contribution in [0.4, 0.5) is 0 Å². The summed E-state index contributed by atoms with van der Waals surface area (Å²) in [5.74, 6) is -0.783. The Morgan fingerprint density at radius 2 is 1.80 bits per heavy atom. The van der Waals surface area contributed by atoms with E-state index in [0.29, 0.717) is 18.9 Å². The number of hydrogen-bond acceptors (Lipinski definition) is 3. The summed E-state index contributed by atoms with van der Waals surface area (Å²) >= 11 is 0. The van der Waals surface area contributed by atoms with Gasteiger partial charge in [-0.3, -0.25) is 4.79 Å². The molecule has 0 aliphatic carbocycles. The van der Waals surface area contributed by atoms with E-state index in [1.54, 1.807) is 0 Å². The van der Waals surface area contributed by atoms with Crippen LogP contribution in [0.15, 0.2) is 0 Å². The van der Waals surface area contributed by atoms with Gasteiger partial charge in [0.05, 0.1) is 12.7 Å². The lowest BCUT2D eigenvalue weighted by Gasteiger charge is -2.20. The maximum atomic E-state index is 11.7. The van der Waals surface area contributed by atoms with E-state index in [9.17, 15) is 9.59 Å². The third-order valence-corrected chi connectivity index (χ3v) is 3.33. The molecule has 118 valence electrons. The highest BCUT2D eigenvalue weighted by Gasteiger charge is 2.25. The highest BCUT2D eigenvalue weighted by atomic mass is 16.5. The lowest BCUT2D eigenvalue weighted by molar-refractivity contribution is -0.143. The lowest BCUT2D eigenvalue weighted by atomic mass is 9.99. The summed E-state index contributed by atoms with van der Waals surface area (Å²) in [5.41, 5.74) is 0. The first-order chi connectivity index (χ1) is 9.27. The number of nitrogens with one attached hydrogen (secondary N) is 1. The largest absolute Gasteiger partial charge is 0.480 e. The number of carbonyl (C=O) groups is 2. The predicted octanol–water partition coefficient (Wildman–Crippen LogP) is 2.44. The molecular weight excluding hydrogens is 258 g/mol. The van der Waals surface area contributed by atoms with Crippen LogP contribution in [0.5, 0.6) is 0 Å². The van der Waals surface area contributed by atoms with Gasteiger partial charge in [0.1, 0.15) is 6.04 Å². The summed E-state index contributed by atoms with van der Waals surface area (Å²) < 4.78 is 5.54. The molecule has 0 heterocycles. The molecule has 0 rings (SSSR count). The molecule has 5 nitrogen and oxygen atoms in total. The third-order valence-electron chi connectivity index (χ3n) is 3.33. The van der Waals surface area contributed by atoms with Crippen molar-refractivity contribution in [2.45, 2.75) is 66.0 Å². The minimum atomic E-state index is -0.984. The molecule has 0 spiro atoms. The van der Waals surface area contributed by atoms with Gasteiger partial charge in [0.15, 0.2) is 0 Å². The zero-order chi connectivity index (χ0) is 15.7. The third kappa shape index (κ3) is 8.15. The molecule has 5 heteroatoms. The first-order valence-corrected chi connectivity index (χ1v) is 7.41. The molecule has 0 fully saturated rings. The molecule has 0 saturated carbocycles. The molecule has 1 amide bonds. The molecule has 0 radical (unpaired) electrons. The van der Waals surface area contributed by atoms with E-state index in [4.69, 9.17) is 9.84 Å². The molecule has 0 bridgehead atoms. The fourth-order valence-corrected chi connectivity index (χ4v) is 2.01. The number of aliphatic carboxylic acids is 1. The molecule has 0 aromatic heterocycles. The van der Waals surface area contributed by atoms with E-state index in [1.165, 1.54) is 0 Å². The van der Waals surface area contributed by atoms with Gasteiger partial charge in [0.2, 0.25) is 5.91 Å². The Labute approximate surface area is 122 Å². The molecule has 20 heavy (non-hydrogen) atoms. The fraction of sp³-hybridized carbons (Fsp3) is 0.867. The predicted molar refractivity (Wildman–Crippen MR) is 78.5 cm³/mol. The number of carboxylic acid groups (broad SMARTS) is 1. The number of carboxylic acids is 1. The van der Waals surface area contributed by atoms with E-state index in [2.05, 4.69) is 19.2 Å². The van der Waals surface area contributed by atoms with Gasteiger partial charge in [0.25, 0.3) is 0 Å².